The van der Waals surface area contributed by atoms with Gasteiger partial charge < -0.3 is 4.90 Å². The molecule has 0 aromatic carbocycles. The summed E-state index contributed by atoms with van der Waals surface area (Å²) >= 11 is 9.50. The molecule has 0 aliphatic heterocycles. The standard InChI is InChI=1S/C10H16N4OS4/c1-4-14(5-2)10(16)18-6-7(15)11-8-12-13-9(17-3)19-8/h4-6H2,1-3H3,(H,11,12,15). The lowest BCUT2D eigenvalue weighted by Crippen LogP contribution is -2.28. The molecule has 0 fully saturated rings. The van der Waals surface area contributed by atoms with E-state index in [2.05, 4.69) is 15.5 Å². The van der Waals surface area contributed by atoms with Crippen LogP contribution in [0.2, 0.25) is 0 Å². The number of anilines is 1. The summed E-state index contributed by atoms with van der Waals surface area (Å²) in [6.07, 6.45) is 1.92. The number of thioether (sulfide) groups is 2. The van der Waals surface area contributed by atoms with E-state index in [-0.39, 0.29) is 5.91 Å². The maximum absolute atomic E-state index is 11.7. The van der Waals surface area contributed by atoms with E-state index in [1.165, 1.54) is 34.9 Å². The van der Waals surface area contributed by atoms with Crippen LogP contribution in [-0.4, -0.2) is 50.4 Å². The topological polar surface area (TPSA) is 58.1 Å². The van der Waals surface area contributed by atoms with Gasteiger partial charge in [0, 0.05) is 13.1 Å². The molecule has 0 aliphatic carbocycles. The van der Waals surface area contributed by atoms with Crippen molar-refractivity contribution in [3.8, 4) is 0 Å². The number of hydrogen-bond donors (Lipinski definition) is 1. The number of carbonyl (C=O) groups excluding carboxylic acids is 1. The summed E-state index contributed by atoms with van der Waals surface area (Å²) in [4.78, 5) is 13.8. The van der Waals surface area contributed by atoms with Crippen molar-refractivity contribution >= 4 is 62.4 Å². The van der Waals surface area contributed by atoms with E-state index >= 15 is 0 Å². The van der Waals surface area contributed by atoms with Gasteiger partial charge in [0.05, 0.1) is 5.75 Å². The largest absolute Gasteiger partial charge is 0.358 e. The number of aromatic nitrogens is 2. The minimum atomic E-state index is -0.108. The second-order valence-corrected chi connectivity index (χ2v) is 6.99. The monoisotopic (exact) mass is 336 g/mol. The first-order valence-electron chi connectivity index (χ1n) is 5.69. The molecular formula is C10H16N4OS4. The van der Waals surface area contributed by atoms with E-state index in [4.69, 9.17) is 12.2 Å². The molecule has 0 atom stereocenters. The van der Waals surface area contributed by atoms with Crippen molar-refractivity contribution in [2.45, 2.75) is 18.2 Å². The molecular weight excluding hydrogens is 320 g/mol. The third-order valence-electron chi connectivity index (χ3n) is 2.18. The molecule has 0 radical (unpaired) electrons. The molecule has 0 aliphatic rings. The number of hydrogen-bond acceptors (Lipinski definition) is 7. The molecule has 1 heterocycles. The zero-order valence-corrected chi connectivity index (χ0v) is 14.3. The Morgan fingerprint density at radius 1 is 1.42 bits per heavy atom. The Balaban J connectivity index is 2.37. The predicted octanol–water partition coefficient (Wildman–Crippen LogP) is 2.56. The molecule has 19 heavy (non-hydrogen) atoms. The molecule has 106 valence electrons. The summed E-state index contributed by atoms with van der Waals surface area (Å²) in [5, 5.41) is 11.1. The second-order valence-electron chi connectivity index (χ2n) is 3.35. The molecule has 1 rings (SSSR count). The number of nitrogens with one attached hydrogen (secondary N) is 1. The second kappa shape index (κ2) is 8.72. The normalized spacial score (nSPS) is 10.3. The highest BCUT2D eigenvalue weighted by Crippen LogP contribution is 2.23. The summed E-state index contributed by atoms with van der Waals surface area (Å²) < 4.78 is 1.59. The molecule has 1 aromatic rings. The highest BCUT2D eigenvalue weighted by molar-refractivity contribution is 8.23. The molecule has 1 aromatic heterocycles. The maximum Gasteiger partial charge on any atom is 0.236 e. The van der Waals surface area contributed by atoms with Crippen LogP contribution in [0, 0.1) is 0 Å². The number of carbonyl (C=O) groups is 1. The average Bonchev–Trinajstić information content (AvgIpc) is 2.85. The van der Waals surface area contributed by atoms with Gasteiger partial charge in [-0.2, -0.15) is 0 Å². The SMILES string of the molecule is CCN(CC)C(=S)SCC(=O)Nc1nnc(SC)s1. The van der Waals surface area contributed by atoms with E-state index in [0.29, 0.717) is 10.9 Å². The lowest BCUT2D eigenvalue weighted by molar-refractivity contribution is -0.113. The summed E-state index contributed by atoms with van der Waals surface area (Å²) in [5.74, 6) is 0.187. The van der Waals surface area contributed by atoms with Crippen molar-refractivity contribution in [1.29, 1.82) is 0 Å². The van der Waals surface area contributed by atoms with Crippen molar-refractivity contribution < 1.29 is 4.79 Å². The van der Waals surface area contributed by atoms with Crippen LogP contribution in [-0.2, 0) is 4.79 Å². The van der Waals surface area contributed by atoms with Gasteiger partial charge in [0.2, 0.25) is 11.0 Å². The minimum absolute atomic E-state index is 0.108. The Hall–Kier alpha value is -0.380. The van der Waals surface area contributed by atoms with E-state index < -0.39 is 0 Å². The van der Waals surface area contributed by atoms with Crippen molar-refractivity contribution in [1.82, 2.24) is 15.1 Å². The van der Waals surface area contributed by atoms with Gasteiger partial charge >= 0.3 is 0 Å². The Morgan fingerprint density at radius 3 is 2.63 bits per heavy atom. The lowest BCUT2D eigenvalue weighted by Gasteiger charge is -2.20. The Labute approximate surface area is 130 Å². The summed E-state index contributed by atoms with van der Waals surface area (Å²) in [6.45, 7) is 5.80. The fraction of sp³-hybridized carbons (Fsp3) is 0.600. The van der Waals surface area contributed by atoms with Gasteiger partial charge in [-0.05, 0) is 20.1 Å². The number of thiocarbonyl (C=S) groups is 1. The van der Waals surface area contributed by atoms with Crippen LogP contribution in [0.3, 0.4) is 0 Å². The van der Waals surface area contributed by atoms with Gasteiger partial charge in [-0.1, -0.05) is 47.1 Å². The quantitative estimate of drug-likeness (QED) is 0.487. The molecule has 9 heteroatoms. The number of nitrogens with zero attached hydrogens (tertiary/aromatic N) is 3. The first-order valence-corrected chi connectivity index (χ1v) is 9.13. The van der Waals surface area contributed by atoms with Crippen LogP contribution in [0.1, 0.15) is 13.8 Å². The number of amides is 1. The summed E-state index contributed by atoms with van der Waals surface area (Å²) in [6, 6.07) is 0. The van der Waals surface area contributed by atoms with E-state index in [9.17, 15) is 4.79 Å². The predicted molar refractivity (Wildman–Crippen MR) is 88.3 cm³/mol. The average molecular weight is 337 g/mol. The van der Waals surface area contributed by atoms with Gasteiger partial charge in [-0.25, -0.2) is 0 Å². The first kappa shape index (κ1) is 16.7. The highest BCUT2D eigenvalue weighted by Gasteiger charge is 2.11. The van der Waals surface area contributed by atoms with Crippen LogP contribution >= 0.6 is 47.1 Å². The van der Waals surface area contributed by atoms with Crippen molar-refractivity contribution in [3.63, 3.8) is 0 Å². The van der Waals surface area contributed by atoms with E-state index in [1.54, 1.807) is 0 Å². The Kier molecular flexibility index (Phi) is 7.66. The zero-order valence-electron chi connectivity index (χ0n) is 11.0. The summed E-state index contributed by atoms with van der Waals surface area (Å²) in [7, 11) is 0. The van der Waals surface area contributed by atoms with Gasteiger partial charge in [-0.3, -0.25) is 10.1 Å². The third-order valence-corrected chi connectivity index (χ3v) is 5.51. The van der Waals surface area contributed by atoms with Crippen LogP contribution in [0.5, 0.6) is 0 Å². The molecule has 0 saturated carbocycles. The van der Waals surface area contributed by atoms with Crippen LogP contribution in [0.4, 0.5) is 5.13 Å². The van der Waals surface area contributed by atoms with Gasteiger partial charge in [0.15, 0.2) is 4.34 Å². The van der Waals surface area contributed by atoms with Crippen molar-refractivity contribution in [2.75, 3.05) is 30.4 Å². The highest BCUT2D eigenvalue weighted by atomic mass is 32.2. The Bertz CT molecular complexity index is 433. The van der Waals surface area contributed by atoms with Gasteiger partial charge in [0.1, 0.15) is 4.32 Å². The molecule has 0 spiro atoms. The molecule has 0 unspecified atom stereocenters. The maximum atomic E-state index is 11.7. The summed E-state index contributed by atoms with van der Waals surface area (Å²) in [5.41, 5.74) is 0. The molecule has 1 amide bonds. The molecule has 0 saturated heterocycles. The molecule has 5 nitrogen and oxygen atoms in total. The molecule has 0 bridgehead atoms. The van der Waals surface area contributed by atoms with Crippen molar-refractivity contribution in [2.24, 2.45) is 0 Å². The minimum Gasteiger partial charge on any atom is -0.358 e. The fourth-order valence-electron chi connectivity index (χ4n) is 1.20. The lowest BCUT2D eigenvalue weighted by atomic mass is 10.6. The van der Waals surface area contributed by atoms with Crippen LogP contribution in [0.15, 0.2) is 4.34 Å². The fourth-order valence-corrected chi connectivity index (χ4v) is 3.59. The van der Waals surface area contributed by atoms with E-state index in [1.807, 2.05) is 25.0 Å². The van der Waals surface area contributed by atoms with Crippen LogP contribution in [0.25, 0.3) is 0 Å². The van der Waals surface area contributed by atoms with Gasteiger partial charge in [0.25, 0.3) is 0 Å². The van der Waals surface area contributed by atoms with Crippen LogP contribution < -0.4 is 5.32 Å². The number of rotatable bonds is 6. The van der Waals surface area contributed by atoms with E-state index in [0.717, 1.165) is 21.7 Å². The third kappa shape index (κ3) is 5.64. The smallest absolute Gasteiger partial charge is 0.236 e. The molecule has 1 N–H and O–H groups in total. The zero-order chi connectivity index (χ0) is 14.3. The first-order chi connectivity index (χ1) is 9.10. The van der Waals surface area contributed by atoms with Crippen molar-refractivity contribution in [3.05, 3.63) is 0 Å². The van der Waals surface area contributed by atoms with Gasteiger partial charge in [-0.15, -0.1) is 10.2 Å². The Morgan fingerprint density at radius 2 is 2.11 bits per heavy atom.